The first kappa shape index (κ1) is 18.8. The molecule has 0 radical (unpaired) electrons. The Morgan fingerprint density at radius 3 is 2.19 bits per heavy atom. The molecule has 2 atom stereocenters. The number of non-ortho nitro benzene ring substituents is 1. The van der Waals surface area contributed by atoms with E-state index < -0.39 is 70.1 Å². The van der Waals surface area contributed by atoms with Crippen LogP contribution in [-0.2, 0) is 9.59 Å². The van der Waals surface area contributed by atoms with Crippen molar-refractivity contribution >= 4 is 29.5 Å². The topological polar surface area (TPSA) is 201 Å². The van der Waals surface area contributed by atoms with Gasteiger partial charge in [-0.1, -0.05) is 0 Å². The summed E-state index contributed by atoms with van der Waals surface area (Å²) < 4.78 is 0. The molecule has 1 heterocycles. The highest BCUT2D eigenvalue weighted by Crippen LogP contribution is 2.29. The molecule has 0 spiro atoms. The maximum Gasteiger partial charge on any atom is 0.335 e. The molecular weight excluding hydrogens is 354 g/mol. The molecule has 1 aliphatic heterocycles. The standard InChI is InChI=1S/C14H13N3O9/c15-14(13(23)24)4-9(12(21)22)16(5-14)10(18)6-1-7(11(19)20)3-8(2-6)17(25)26/h1-3,9H,4-5,15H2,(H,19,20)(H,21,22)(H,23,24)/t9-,14+/m1/s1. The van der Waals surface area contributed by atoms with Crippen molar-refractivity contribution in [2.24, 2.45) is 5.73 Å². The highest BCUT2D eigenvalue weighted by Gasteiger charge is 2.51. The number of nitrogens with two attached hydrogens (primary N) is 1. The van der Waals surface area contributed by atoms with Crippen LogP contribution in [0.2, 0.25) is 0 Å². The van der Waals surface area contributed by atoms with Crippen LogP contribution in [0.3, 0.4) is 0 Å². The van der Waals surface area contributed by atoms with E-state index in [0.717, 1.165) is 18.2 Å². The number of aromatic carboxylic acids is 1. The van der Waals surface area contributed by atoms with E-state index in [2.05, 4.69) is 0 Å². The Labute approximate surface area is 144 Å². The summed E-state index contributed by atoms with van der Waals surface area (Å²) in [5, 5.41) is 38.3. The molecule has 1 aromatic rings. The number of aliphatic carboxylic acids is 2. The van der Waals surface area contributed by atoms with Crippen LogP contribution in [0.5, 0.6) is 0 Å². The van der Waals surface area contributed by atoms with Crippen LogP contribution in [0.1, 0.15) is 27.1 Å². The van der Waals surface area contributed by atoms with Crippen LogP contribution in [0.15, 0.2) is 18.2 Å². The first-order chi connectivity index (χ1) is 12.0. The zero-order valence-electron chi connectivity index (χ0n) is 13.0. The number of nitrogens with zero attached hydrogens (tertiary/aromatic N) is 2. The predicted octanol–water partition coefficient (Wildman–Crippen LogP) is -0.626. The van der Waals surface area contributed by atoms with E-state index in [1.807, 2.05) is 0 Å². The normalized spacial score (nSPS) is 22.0. The predicted molar refractivity (Wildman–Crippen MR) is 81.7 cm³/mol. The van der Waals surface area contributed by atoms with E-state index in [1.54, 1.807) is 0 Å². The zero-order valence-corrected chi connectivity index (χ0v) is 13.0. The second-order valence-electron chi connectivity index (χ2n) is 5.78. The molecule has 12 nitrogen and oxygen atoms in total. The molecule has 2 rings (SSSR count). The Hall–Kier alpha value is -3.54. The summed E-state index contributed by atoms with van der Waals surface area (Å²) in [6, 6.07) is 0.789. The molecule has 138 valence electrons. The van der Waals surface area contributed by atoms with Gasteiger partial charge in [-0.2, -0.15) is 0 Å². The van der Waals surface area contributed by atoms with Crippen molar-refractivity contribution in [3.8, 4) is 0 Å². The molecule has 1 amide bonds. The molecule has 0 aliphatic carbocycles. The van der Waals surface area contributed by atoms with Gasteiger partial charge in [-0.3, -0.25) is 19.7 Å². The molecule has 26 heavy (non-hydrogen) atoms. The second kappa shape index (κ2) is 6.40. The summed E-state index contributed by atoms with van der Waals surface area (Å²) in [5.74, 6) is -5.62. The van der Waals surface area contributed by atoms with Crippen LogP contribution in [0.4, 0.5) is 5.69 Å². The smallest absolute Gasteiger partial charge is 0.335 e. The quantitative estimate of drug-likeness (QED) is 0.383. The Bertz CT molecular complexity index is 805. The second-order valence-corrected chi connectivity index (χ2v) is 5.78. The number of hydrogen-bond acceptors (Lipinski definition) is 7. The van der Waals surface area contributed by atoms with Gasteiger partial charge in [-0.25, -0.2) is 9.59 Å². The number of carbonyl (C=O) groups excluding carboxylic acids is 1. The lowest BCUT2D eigenvalue weighted by Gasteiger charge is -2.22. The fourth-order valence-electron chi connectivity index (χ4n) is 2.65. The minimum Gasteiger partial charge on any atom is -0.480 e. The zero-order chi connectivity index (χ0) is 19.8. The lowest BCUT2D eigenvalue weighted by atomic mass is 9.98. The molecule has 5 N–H and O–H groups in total. The number of carboxylic acid groups (broad SMARTS) is 3. The summed E-state index contributed by atoms with van der Waals surface area (Å²) in [4.78, 5) is 57.0. The van der Waals surface area contributed by atoms with E-state index >= 15 is 0 Å². The molecule has 12 heteroatoms. The molecule has 1 saturated heterocycles. The average molecular weight is 367 g/mol. The van der Waals surface area contributed by atoms with E-state index in [0.29, 0.717) is 4.90 Å². The fraction of sp³-hybridized carbons (Fsp3) is 0.286. The van der Waals surface area contributed by atoms with Gasteiger partial charge in [0.25, 0.3) is 11.6 Å². The molecule has 1 aliphatic rings. The lowest BCUT2D eigenvalue weighted by molar-refractivity contribution is -0.384. The van der Waals surface area contributed by atoms with Crippen molar-refractivity contribution in [2.45, 2.75) is 18.0 Å². The Balaban J connectivity index is 2.50. The van der Waals surface area contributed by atoms with Crippen molar-refractivity contribution in [3.05, 3.63) is 39.4 Å². The molecular formula is C14H13N3O9. The van der Waals surface area contributed by atoms with Gasteiger partial charge >= 0.3 is 17.9 Å². The van der Waals surface area contributed by atoms with Crippen molar-refractivity contribution in [2.75, 3.05) is 6.54 Å². The number of benzene rings is 1. The van der Waals surface area contributed by atoms with Gasteiger partial charge in [0.05, 0.1) is 17.0 Å². The van der Waals surface area contributed by atoms with Gasteiger partial charge in [0.2, 0.25) is 0 Å². The monoisotopic (exact) mass is 367 g/mol. The van der Waals surface area contributed by atoms with Crippen LogP contribution < -0.4 is 5.73 Å². The molecule has 0 aromatic heterocycles. The highest BCUT2D eigenvalue weighted by atomic mass is 16.6. The summed E-state index contributed by atoms with van der Waals surface area (Å²) >= 11 is 0. The Morgan fingerprint density at radius 2 is 1.73 bits per heavy atom. The maximum atomic E-state index is 12.6. The number of carbonyl (C=O) groups is 4. The highest BCUT2D eigenvalue weighted by molar-refractivity contribution is 6.01. The minimum atomic E-state index is -2.00. The van der Waals surface area contributed by atoms with Gasteiger partial charge < -0.3 is 26.0 Å². The van der Waals surface area contributed by atoms with Gasteiger partial charge in [0, 0.05) is 24.1 Å². The van der Waals surface area contributed by atoms with Crippen LogP contribution >= 0.6 is 0 Å². The van der Waals surface area contributed by atoms with Gasteiger partial charge in [0.15, 0.2) is 0 Å². The van der Waals surface area contributed by atoms with Crippen molar-refractivity contribution in [3.63, 3.8) is 0 Å². The van der Waals surface area contributed by atoms with Crippen LogP contribution in [0.25, 0.3) is 0 Å². The molecule has 0 unspecified atom stereocenters. The van der Waals surface area contributed by atoms with E-state index in [4.69, 9.17) is 15.9 Å². The van der Waals surface area contributed by atoms with E-state index in [1.165, 1.54) is 0 Å². The lowest BCUT2D eigenvalue weighted by Crippen LogP contribution is -2.50. The number of nitro groups is 1. The summed E-state index contributed by atoms with van der Waals surface area (Å²) in [7, 11) is 0. The third kappa shape index (κ3) is 3.30. The van der Waals surface area contributed by atoms with Gasteiger partial charge in [-0.05, 0) is 6.07 Å². The number of hydrogen-bond donors (Lipinski definition) is 4. The first-order valence-corrected chi connectivity index (χ1v) is 7.05. The number of rotatable bonds is 5. The average Bonchev–Trinajstić information content (AvgIpc) is 2.93. The van der Waals surface area contributed by atoms with Crippen LogP contribution in [-0.4, -0.2) is 67.1 Å². The Morgan fingerprint density at radius 1 is 1.15 bits per heavy atom. The van der Waals surface area contributed by atoms with E-state index in [9.17, 15) is 34.4 Å². The van der Waals surface area contributed by atoms with Crippen molar-refractivity contribution < 1.29 is 39.4 Å². The summed E-state index contributed by atoms with van der Waals surface area (Å²) in [5.41, 5.74) is 1.93. The number of amides is 1. The Kier molecular flexibility index (Phi) is 4.63. The van der Waals surface area contributed by atoms with Crippen molar-refractivity contribution in [1.29, 1.82) is 0 Å². The SMILES string of the molecule is N[C@@]1(C(=O)O)C[C@H](C(=O)O)N(C(=O)c2cc(C(=O)O)cc([N+](=O)[O-])c2)C1. The molecule has 0 bridgehead atoms. The third-order valence-corrected chi connectivity index (χ3v) is 3.98. The van der Waals surface area contributed by atoms with E-state index in [-0.39, 0.29) is 0 Å². The number of carboxylic acids is 3. The first-order valence-electron chi connectivity index (χ1n) is 7.05. The summed E-state index contributed by atoms with van der Waals surface area (Å²) in [6.07, 6.45) is -0.565. The summed E-state index contributed by atoms with van der Waals surface area (Å²) in [6.45, 7) is -0.650. The largest absolute Gasteiger partial charge is 0.480 e. The molecule has 1 aromatic carbocycles. The van der Waals surface area contributed by atoms with Gasteiger partial charge in [-0.15, -0.1) is 0 Å². The van der Waals surface area contributed by atoms with Crippen molar-refractivity contribution in [1.82, 2.24) is 4.90 Å². The minimum absolute atomic E-state index is 0.461. The number of nitro benzene ring substituents is 1. The van der Waals surface area contributed by atoms with Crippen LogP contribution in [0, 0.1) is 10.1 Å². The van der Waals surface area contributed by atoms with Gasteiger partial charge in [0.1, 0.15) is 11.6 Å². The number of likely N-dealkylation sites (tertiary alicyclic amines) is 1. The maximum absolute atomic E-state index is 12.6. The molecule has 1 fully saturated rings. The third-order valence-electron chi connectivity index (χ3n) is 3.98. The molecule has 0 saturated carbocycles. The fourth-order valence-corrected chi connectivity index (χ4v) is 2.65.